The molecule has 1 aromatic carbocycles. The molecule has 0 aliphatic rings. The number of para-hydroxylation sites is 2. The summed E-state index contributed by atoms with van der Waals surface area (Å²) in [7, 11) is 0. The number of hydrogen-bond acceptors (Lipinski definition) is 5. The van der Waals surface area contributed by atoms with E-state index in [9.17, 15) is 4.79 Å². The van der Waals surface area contributed by atoms with Gasteiger partial charge in [-0.05, 0) is 19.1 Å². The average Bonchev–Trinajstić information content (AvgIpc) is 3.08. The van der Waals surface area contributed by atoms with E-state index in [1.165, 1.54) is 6.92 Å². The van der Waals surface area contributed by atoms with Crippen molar-refractivity contribution in [1.82, 2.24) is 15.0 Å². The Morgan fingerprint density at radius 3 is 2.65 bits per heavy atom. The summed E-state index contributed by atoms with van der Waals surface area (Å²) in [6, 6.07) is 7.97. The number of hydrogen-bond donors (Lipinski definition) is 3. The number of nitrogens with zero attached hydrogens (tertiary/aromatic N) is 2. The molecule has 0 aliphatic carbocycles. The second-order valence-electron chi connectivity index (χ2n) is 3.99. The van der Waals surface area contributed by atoms with Gasteiger partial charge in [-0.1, -0.05) is 12.1 Å². The number of aliphatic hydroxyl groups excluding tert-OH is 1. The SMILES string of the molecule is CC(O)C(=O)O.c1ccc2[nH]c(-c3cscn3)nc2c1. The number of rotatable bonds is 2. The van der Waals surface area contributed by atoms with E-state index < -0.39 is 12.1 Å². The van der Waals surface area contributed by atoms with Crippen LogP contribution in [0.3, 0.4) is 0 Å². The molecular weight excluding hydrogens is 278 g/mol. The van der Waals surface area contributed by atoms with Crippen LogP contribution in [0.5, 0.6) is 0 Å². The Morgan fingerprint density at radius 2 is 2.10 bits per heavy atom. The highest BCUT2D eigenvalue weighted by molar-refractivity contribution is 7.07. The van der Waals surface area contributed by atoms with Gasteiger partial charge in [-0.25, -0.2) is 14.8 Å². The summed E-state index contributed by atoms with van der Waals surface area (Å²) < 4.78 is 0. The van der Waals surface area contributed by atoms with Crippen LogP contribution in [0, 0.1) is 0 Å². The Kier molecular flexibility index (Phi) is 4.44. The summed E-state index contributed by atoms with van der Waals surface area (Å²) in [6.45, 7) is 1.20. The van der Waals surface area contributed by atoms with Gasteiger partial charge in [0.05, 0.1) is 16.5 Å². The molecule has 0 aliphatic heterocycles. The molecule has 1 atom stereocenters. The van der Waals surface area contributed by atoms with Gasteiger partial charge in [0.15, 0.2) is 5.82 Å². The zero-order valence-corrected chi connectivity index (χ0v) is 11.5. The molecule has 20 heavy (non-hydrogen) atoms. The molecule has 2 aromatic heterocycles. The van der Waals surface area contributed by atoms with Crippen molar-refractivity contribution >= 4 is 28.3 Å². The quantitative estimate of drug-likeness (QED) is 0.671. The second kappa shape index (κ2) is 6.27. The molecule has 0 radical (unpaired) electrons. The van der Waals surface area contributed by atoms with E-state index in [2.05, 4.69) is 15.0 Å². The average molecular weight is 291 g/mol. The minimum absolute atomic E-state index is 0.840. The van der Waals surface area contributed by atoms with Gasteiger partial charge in [0.2, 0.25) is 0 Å². The maximum Gasteiger partial charge on any atom is 0.332 e. The van der Waals surface area contributed by atoms with E-state index in [4.69, 9.17) is 10.2 Å². The minimum Gasteiger partial charge on any atom is -0.479 e. The number of carbonyl (C=O) groups is 1. The third-order valence-corrected chi connectivity index (χ3v) is 3.01. The first kappa shape index (κ1) is 14.2. The van der Waals surface area contributed by atoms with Crippen molar-refractivity contribution in [2.24, 2.45) is 0 Å². The van der Waals surface area contributed by atoms with Crippen molar-refractivity contribution < 1.29 is 15.0 Å². The Morgan fingerprint density at radius 1 is 1.40 bits per heavy atom. The van der Waals surface area contributed by atoms with Crippen LogP contribution >= 0.6 is 11.3 Å². The molecule has 0 saturated carbocycles. The van der Waals surface area contributed by atoms with Gasteiger partial charge in [-0.2, -0.15) is 0 Å². The predicted molar refractivity (Wildman–Crippen MR) is 76.5 cm³/mol. The Balaban J connectivity index is 0.000000212. The maximum absolute atomic E-state index is 9.45. The fourth-order valence-electron chi connectivity index (χ4n) is 1.40. The van der Waals surface area contributed by atoms with E-state index in [1.807, 2.05) is 35.2 Å². The first-order valence-electron chi connectivity index (χ1n) is 5.82. The van der Waals surface area contributed by atoms with Gasteiger partial charge < -0.3 is 15.2 Å². The van der Waals surface area contributed by atoms with E-state index in [0.29, 0.717) is 0 Å². The molecule has 2 heterocycles. The van der Waals surface area contributed by atoms with Crippen molar-refractivity contribution in [1.29, 1.82) is 0 Å². The van der Waals surface area contributed by atoms with Gasteiger partial charge in [0.25, 0.3) is 0 Å². The van der Waals surface area contributed by atoms with Crippen LogP contribution in [0.2, 0.25) is 0 Å². The van der Waals surface area contributed by atoms with Gasteiger partial charge in [0.1, 0.15) is 11.8 Å². The molecule has 6 nitrogen and oxygen atoms in total. The summed E-state index contributed by atoms with van der Waals surface area (Å²) in [4.78, 5) is 21.3. The van der Waals surface area contributed by atoms with Gasteiger partial charge in [0, 0.05) is 5.38 Å². The zero-order valence-electron chi connectivity index (χ0n) is 10.6. The number of aromatic nitrogens is 3. The Bertz CT molecular complexity index is 659. The second-order valence-corrected chi connectivity index (χ2v) is 4.71. The van der Waals surface area contributed by atoms with Crippen LogP contribution in [-0.4, -0.2) is 37.2 Å². The van der Waals surface area contributed by atoms with Crippen LogP contribution in [0.1, 0.15) is 6.92 Å². The predicted octanol–water partition coefficient (Wildman–Crippen LogP) is 2.14. The number of H-pyrrole nitrogens is 1. The van der Waals surface area contributed by atoms with Gasteiger partial charge >= 0.3 is 5.97 Å². The molecule has 0 bridgehead atoms. The highest BCUT2D eigenvalue weighted by Crippen LogP contribution is 2.19. The third-order valence-electron chi connectivity index (χ3n) is 2.42. The molecule has 3 rings (SSSR count). The van der Waals surface area contributed by atoms with Crippen LogP contribution in [-0.2, 0) is 4.79 Å². The van der Waals surface area contributed by atoms with E-state index in [0.717, 1.165) is 22.6 Å². The normalized spacial score (nSPS) is 11.7. The third kappa shape index (κ3) is 3.40. The molecule has 104 valence electrons. The summed E-state index contributed by atoms with van der Waals surface area (Å²) in [5.74, 6) is -0.345. The van der Waals surface area contributed by atoms with Crippen molar-refractivity contribution in [3.63, 3.8) is 0 Å². The van der Waals surface area contributed by atoms with Gasteiger partial charge in [-0.15, -0.1) is 11.3 Å². The van der Waals surface area contributed by atoms with Crippen molar-refractivity contribution in [3.8, 4) is 11.5 Å². The number of aliphatic carboxylic acids is 1. The minimum atomic E-state index is -1.23. The molecule has 0 spiro atoms. The molecule has 0 saturated heterocycles. The van der Waals surface area contributed by atoms with Crippen LogP contribution < -0.4 is 0 Å². The molecular formula is C13H13N3O3S. The van der Waals surface area contributed by atoms with Crippen molar-refractivity contribution in [2.45, 2.75) is 13.0 Å². The first-order chi connectivity index (χ1) is 9.58. The van der Waals surface area contributed by atoms with Crippen molar-refractivity contribution in [2.75, 3.05) is 0 Å². The highest BCUT2D eigenvalue weighted by Gasteiger charge is 2.05. The number of carboxylic acids is 1. The Labute approximate surface area is 118 Å². The Hall–Kier alpha value is -2.25. The first-order valence-corrected chi connectivity index (χ1v) is 6.76. The number of imidazole rings is 1. The smallest absolute Gasteiger partial charge is 0.332 e. The zero-order chi connectivity index (χ0) is 14.5. The number of aliphatic hydroxyl groups is 1. The lowest BCUT2D eigenvalue weighted by molar-refractivity contribution is -0.145. The molecule has 0 fully saturated rings. The lowest BCUT2D eigenvalue weighted by atomic mass is 10.3. The van der Waals surface area contributed by atoms with Crippen LogP contribution in [0.15, 0.2) is 35.2 Å². The molecule has 3 aromatic rings. The fourth-order valence-corrected chi connectivity index (χ4v) is 1.94. The van der Waals surface area contributed by atoms with E-state index in [-0.39, 0.29) is 0 Å². The number of benzene rings is 1. The standard InChI is InChI=1S/C10H7N3S.C3H6O3/c1-2-4-8-7(3-1)12-10(13-8)9-5-14-6-11-9;1-2(4)3(5)6/h1-6H,(H,12,13);2,4H,1H3,(H,5,6). The number of nitrogens with one attached hydrogen (secondary N) is 1. The maximum atomic E-state index is 9.45. The van der Waals surface area contributed by atoms with E-state index >= 15 is 0 Å². The fraction of sp³-hybridized carbons (Fsp3) is 0.154. The molecule has 1 unspecified atom stereocenters. The van der Waals surface area contributed by atoms with Crippen molar-refractivity contribution in [3.05, 3.63) is 35.2 Å². The van der Waals surface area contributed by atoms with Crippen LogP contribution in [0.4, 0.5) is 0 Å². The monoisotopic (exact) mass is 291 g/mol. The lowest BCUT2D eigenvalue weighted by Crippen LogP contribution is -2.13. The highest BCUT2D eigenvalue weighted by atomic mass is 32.1. The molecule has 0 amide bonds. The summed E-state index contributed by atoms with van der Waals surface area (Å²) >= 11 is 1.57. The largest absolute Gasteiger partial charge is 0.479 e. The lowest BCUT2D eigenvalue weighted by Gasteiger charge is -1.89. The van der Waals surface area contributed by atoms with E-state index in [1.54, 1.807) is 11.3 Å². The topological polar surface area (TPSA) is 99.1 Å². The molecule has 7 heteroatoms. The van der Waals surface area contributed by atoms with Crippen LogP contribution in [0.25, 0.3) is 22.6 Å². The summed E-state index contributed by atoms with van der Waals surface area (Å²) in [5, 5.41) is 17.8. The number of fused-ring (bicyclic) bond motifs is 1. The number of carboxylic acid groups (broad SMARTS) is 1. The summed E-state index contributed by atoms with van der Waals surface area (Å²) in [6.07, 6.45) is -1.23. The molecule has 3 N–H and O–H groups in total. The summed E-state index contributed by atoms with van der Waals surface area (Å²) in [5.41, 5.74) is 4.75. The number of thiazole rings is 1. The number of aromatic amines is 1. The van der Waals surface area contributed by atoms with Gasteiger partial charge in [-0.3, -0.25) is 0 Å².